The highest BCUT2D eigenvalue weighted by Crippen LogP contribution is 2.29. The van der Waals surface area contributed by atoms with Gasteiger partial charge in [0.2, 0.25) is 5.28 Å². The molecular weight excluding hydrogens is 302 g/mol. The second-order valence-corrected chi connectivity index (χ2v) is 6.02. The van der Waals surface area contributed by atoms with Crippen LogP contribution in [0.25, 0.3) is 5.69 Å². The zero-order valence-electron chi connectivity index (χ0n) is 9.91. The largest absolute Gasteiger partial charge is 0.268 e. The molecule has 0 amide bonds. The summed E-state index contributed by atoms with van der Waals surface area (Å²) in [5, 5.41) is 8.50. The number of para-hydroxylation sites is 1. The topological polar surface area (TPSA) is 30.7 Å². The van der Waals surface area contributed by atoms with Crippen molar-refractivity contribution in [3.63, 3.8) is 0 Å². The summed E-state index contributed by atoms with van der Waals surface area (Å²) in [6.45, 7) is 6.25. The molecule has 3 nitrogen and oxygen atoms in total. The highest BCUT2D eigenvalue weighted by molar-refractivity contribution is 9.10. The van der Waals surface area contributed by atoms with Gasteiger partial charge >= 0.3 is 0 Å². The van der Waals surface area contributed by atoms with Crippen LogP contribution in [0.5, 0.6) is 0 Å². The lowest BCUT2D eigenvalue weighted by Crippen LogP contribution is -2.18. The van der Waals surface area contributed by atoms with Crippen LogP contribution in [0.2, 0.25) is 5.28 Å². The van der Waals surface area contributed by atoms with E-state index in [0.717, 1.165) is 16.0 Å². The molecule has 0 N–H and O–H groups in total. The molecule has 0 aliphatic rings. The van der Waals surface area contributed by atoms with Gasteiger partial charge in [0, 0.05) is 9.89 Å². The molecule has 0 fully saturated rings. The average molecular weight is 315 g/mol. The van der Waals surface area contributed by atoms with Crippen LogP contribution in [0, 0.1) is 0 Å². The third-order valence-corrected chi connectivity index (χ3v) is 3.30. The summed E-state index contributed by atoms with van der Waals surface area (Å²) < 4.78 is 2.83. The Hall–Kier alpha value is -0.870. The van der Waals surface area contributed by atoms with Gasteiger partial charge in [-0.05, 0) is 39.7 Å². The molecule has 0 unspecified atom stereocenters. The van der Waals surface area contributed by atoms with E-state index in [4.69, 9.17) is 11.6 Å². The summed E-state index contributed by atoms with van der Waals surface area (Å²) in [5.74, 6) is 0.842. The molecule has 0 saturated carbocycles. The number of nitrogens with zero attached hydrogens (tertiary/aromatic N) is 3. The lowest BCUT2D eigenvalue weighted by atomic mass is 9.95. The normalized spacial score (nSPS) is 11.8. The maximum Gasteiger partial charge on any atom is 0.229 e. The quantitative estimate of drug-likeness (QED) is 0.797. The van der Waals surface area contributed by atoms with Crippen molar-refractivity contribution in [2.75, 3.05) is 0 Å². The summed E-state index contributed by atoms with van der Waals surface area (Å²) >= 11 is 9.64. The van der Waals surface area contributed by atoms with Crippen molar-refractivity contribution in [3.05, 3.63) is 39.8 Å². The maximum absolute atomic E-state index is 6.13. The molecule has 0 aliphatic carbocycles. The van der Waals surface area contributed by atoms with Crippen molar-refractivity contribution < 1.29 is 0 Å². The molecule has 17 heavy (non-hydrogen) atoms. The van der Waals surface area contributed by atoms with Crippen LogP contribution in [-0.2, 0) is 5.41 Å². The molecule has 0 spiro atoms. The Morgan fingerprint density at radius 1 is 1.18 bits per heavy atom. The van der Waals surface area contributed by atoms with Gasteiger partial charge in [-0.1, -0.05) is 32.9 Å². The van der Waals surface area contributed by atoms with Crippen molar-refractivity contribution in [1.29, 1.82) is 0 Å². The SMILES string of the molecule is CC(C)(C)c1nnc(Cl)n1-c1ccccc1Br. The molecule has 1 aromatic carbocycles. The second kappa shape index (κ2) is 4.42. The van der Waals surface area contributed by atoms with Gasteiger partial charge < -0.3 is 0 Å². The van der Waals surface area contributed by atoms with E-state index in [9.17, 15) is 0 Å². The van der Waals surface area contributed by atoms with Crippen LogP contribution < -0.4 is 0 Å². The summed E-state index contributed by atoms with van der Waals surface area (Å²) in [5.41, 5.74) is 0.836. The zero-order chi connectivity index (χ0) is 12.6. The van der Waals surface area contributed by atoms with Crippen LogP contribution in [0.15, 0.2) is 28.7 Å². The van der Waals surface area contributed by atoms with E-state index in [0.29, 0.717) is 5.28 Å². The molecule has 0 aliphatic heterocycles. The van der Waals surface area contributed by atoms with Crippen LogP contribution in [0.3, 0.4) is 0 Å². The smallest absolute Gasteiger partial charge is 0.229 e. The van der Waals surface area contributed by atoms with Crippen LogP contribution >= 0.6 is 27.5 Å². The Morgan fingerprint density at radius 2 is 1.82 bits per heavy atom. The van der Waals surface area contributed by atoms with E-state index in [-0.39, 0.29) is 5.41 Å². The number of hydrogen-bond donors (Lipinski definition) is 0. The van der Waals surface area contributed by atoms with Gasteiger partial charge in [0.25, 0.3) is 0 Å². The third kappa shape index (κ3) is 2.38. The molecule has 2 rings (SSSR count). The fourth-order valence-corrected chi connectivity index (χ4v) is 2.27. The van der Waals surface area contributed by atoms with E-state index in [2.05, 4.69) is 46.9 Å². The van der Waals surface area contributed by atoms with E-state index in [1.807, 2.05) is 28.8 Å². The number of halogens is 2. The molecule has 5 heteroatoms. The van der Waals surface area contributed by atoms with Crippen LogP contribution in [0.4, 0.5) is 0 Å². The van der Waals surface area contributed by atoms with Gasteiger partial charge in [-0.3, -0.25) is 4.57 Å². The number of rotatable bonds is 1. The van der Waals surface area contributed by atoms with Crippen molar-refractivity contribution >= 4 is 27.5 Å². The minimum atomic E-state index is -0.116. The van der Waals surface area contributed by atoms with Gasteiger partial charge in [-0.25, -0.2) is 0 Å². The molecule has 0 saturated heterocycles. The first-order chi connectivity index (χ1) is 7.91. The van der Waals surface area contributed by atoms with E-state index in [1.165, 1.54) is 0 Å². The average Bonchev–Trinajstić information content (AvgIpc) is 2.60. The summed E-state index contributed by atoms with van der Waals surface area (Å²) in [6.07, 6.45) is 0. The lowest BCUT2D eigenvalue weighted by molar-refractivity contribution is 0.533. The second-order valence-electron chi connectivity index (χ2n) is 4.83. The fraction of sp³-hybridized carbons (Fsp3) is 0.333. The maximum atomic E-state index is 6.13. The first kappa shape index (κ1) is 12.6. The third-order valence-electron chi connectivity index (χ3n) is 2.39. The molecule has 90 valence electrons. The predicted octanol–water partition coefficient (Wildman–Crippen LogP) is 3.98. The molecular formula is C12H13BrClN3. The molecule has 1 aromatic heterocycles. The fourth-order valence-electron chi connectivity index (χ4n) is 1.60. The zero-order valence-corrected chi connectivity index (χ0v) is 12.2. The van der Waals surface area contributed by atoms with Crippen LogP contribution in [0.1, 0.15) is 26.6 Å². The van der Waals surface area contributed by atoms with Gasteiger partial charge in [0.05, 0.1) is 5.69 Å². The molecule has 1 heterocycles. The van der Waals surface area contributed by atoms with Gasteiger partial charge in [-0.15, -0.1) is 10.2 Å². The summed E-state index contributed by atoms with van der Waals surface area (Å²) in [4.78, 5) is 0. The van der Waals surface area contributed by atoms with E-state index >= 15 is 0 Å². The Kier molecular flexibility index (Phi) is 3.27. The number of aromatic nitrogens is 3. The first-order valence-electron chi connectivity index (χ1n) is 5.27. The standard InChI is InChI=1S/C12H13BrClN3/c1-12(2,3)10-15-16-11(14)17(10)9-7-5-4-6-8(9)13/h4-7H,1-3H3. The van der Waals surface area contributed by atoms with E-state index in [1.54, 1.807) is 0 Å². The van der Waals surface area contributed by atoms with Gasteiger partial charge in [0.1, 0.15) is 5.82 Å². The Balaban J connectivity index is 2.68. The number of hydrogen-bond acceptors (Lipinski definition) is 2. The Morgan fingerprint density at radius 3 is 2.41 bits per heavy atom. The lowest BCUT2D eigenvalue weighted by Gasteiger charge is -2.19. The molecule has 0 radical (unpaired) electrons. The number of benzene rings is 1. The van der Waals surface area contributed by atoms with Gasteiger partial charge in [-0.2, -0.15) is 0 Å². The molecule has 0 bridgehead atoms. The van der Waals surface area contributed by atoms with E-state index < -0.39 is 0 Å². The van der Waals surface area contributed by atoms with Crippen molar-refractivity contribution in [3.8, 4) is 5.69 Å². The van der Waals surface area contributed by atoms with Crippen LogP contribution in [-0.4, -0.2) is 14.8 Å². The predicted molar refractivity (Wildman–Crippen MR) is 72.8 cm³/mol. The first-order valence-corrected chi connectivity index (χ1v) is 6.44. The van der Waals surface area contributed by atoms with Gasteiger partial charge in [0.15, 0.2) is 0 Å². The van der Waals surface area contributed by atoms with Crippen molar-refractivity contribution in [2.24, 2.45) is 0 Å². The van der Waals surface area contributed by atoms with Crippen molar-refractivity contribution in [1.82, 2.24) is 14.8 Å². The highest BCUT2D eigenvalue weighted by Gasteiger charge is 2.24. The molecule has 2 aromatic rings. The monoisotopic (exact) mass is 313 g/mol. The van der Waals surface area contributed by atoms with Crippen molar-refractivity contribution in [2.45, 2.75) is 26.2 Å². The highest BCUT2D eigenvalue weighted by atomic mass is 79.9. The Labute approximate surface area is 114 Å². The summed E-state index contributed by atoms with van der Waals surface area (Å²) in [7, 11) is 0. The minimum absolute atomic E-state index is 0.116. The Bertz CT molecular complexity index is 543. The molecule has 0 atom stereocenters. The summed E-state index contributed by atoms with van der Waals surface area (Å²) in [6, 6.07) is 7.87. The minimum Gasteiger partial charge on any atom is -0.268 e.